The van der Waals surface area contributed by atoms with Crippen molar-refractivity contribution in [2.75, 3.05) is 0 Å². The van der Waals surface area contributed by atoms with Gasteiger partial charge in [-0.25, -0.2) is 0 Å². The molecular formula is C14H24BrINOSSn. The summed E-state index contributed by atoms with van der Waals surface area (Å²) >= 11 is 0.351. The average Bonchev–Trinajstić information content (AvgIpc) is 2.43. The number of benzene rings is 1. The standard InChI is InChI=1S/C8H10N.C4H8IOS.C2H5.BrH.Sn/c1-7(9)8-5-3-2-4-6-8;1-2-3-4(6)7-5;1-2;;/h2-5,7H,9H2,1H3;4H,2-3H2,1H3;1H2,2H3;1H;/q;-1;;;+1. The minimum absolute atomic E-state index is 0. The Bertz CT molecular complexity index is 384. The Balaban J connectivity index is 0.00000361. The van der Waals surface area contributed by atoms with Gasteiger partial charge in [-0.2, -0.15) is 0 Å². The fraction of sp³-hybridized carbons (Fsp3) is 0.571. The van der Waals surface area contributed by atoms with E-state index in [0.717, 1.165) is 6.42 Å². The predicted molar refractivity (Wildman–Crippen MR) is 107 cm³/mol. The maximum absolute atomic E-state index is 6.46. The molecule has 1 aromatic rings. The van der Waals surface area contributed by atoms with Gasteiger partial charge < -0.3 is 0 Å². The molecule has 2 atom stereocenters. The Kier molecular flexibility index (Phi) is 12.9. The van der Waals surface area contributed by atoms with Gasteiger partial charge in [0.05, 0.1) is 0 Å². The van der Waals surface area contributed by atoms with Crippen LogP contribution in [0.15, 0.2) is 24.3 Å². The Morgan fingerprint density at radius 2 is 2.00 bits per heavy atom. The monoisotopic (exact) mass is 580 g/mol. The second-order valence-electron chi connectivity index (χ2n) is 4.58. The van der Waals surface area contributed by atoms with E-state index < -0.39 is 20.2 Å². The van der Waals surface area contributed by atoms with E-state index in [2.05, 4.69) is 66.2 Å². The summed E-state index contributed by atoms with van der Waals surface area (Å²) in [5.74, 6) is 0. The van der Waals surface area contributed by atoms with E-state index in [-0.39, 0.29) is 23.0 Å². The van der Waals surface area contributed by atoms with Crippen molar-refractivity contribution in [2.24, 2.45) is 5.73 Å². The summed E-state index contributed by atoms with van der Waals surface area (Å²) < 4.78 is 9.07. The normalized spacial score (nSPS) is 13.9. The van der Waals surface area contributed by atoms with Crippen molar-refractivity contribution < 1.29 is 3.07 Å². The van der Waals surface area contributed by atoms with Gasteiger partial charge >= 0.3 is 142 Å². The van der Waals surface area contributed by atoms with Crippen LogP contribution >= 0.6 is 47.1 Å². The zero-order chi connectivity index (χ0) is 14.3. The third-order valence-electron chi connectivity index (χ3n) is 2.97. The van der Waals surface area contributed by atoms with Gasteiger partial charge in [-0.05, 0) is 0 Å². The zero-order valence-electron chi connectivity index (χ0n) is 12.3. The molecule has 0 aliphatic heterocycles. The van der Waals surface area contributed by atoms with E-state index in [1.54, 1.807) is 0 Å². The number of hydrogen-bond acceptors (Lipinski definition) is 3. The van der Waals surface area contributed by atoms with Crippen LogP contribution in [0.4, 0.5) is 0 Å². The van der Waals surface area contributed by atoms with Crippen LogP contribution in [-0.4, -0.2) is 25.6 Å². The molecule has 0 aromatic heterocycles. The van der Waals surface area contributed by atoms with E-state index in [4.69, 9.17) is 8.81 Å². The molecule has 115 valence electrons. The molecule has 2 unspecified atom stereocenters. The summed E-state index contributed by atoms with van der Waals surface area (Å²) in [5, 5.41) is 0. The molecule has 0 heterocycles. The van der Waals surface area contributed by atoms with Gasteiger partial charge in [-0.1, -0.05) is 0 Å². The summed E-state index contributed by atoms with van der Waals surface area (Å²) in [6.07, 6.45) is 2.31. The molecule has 0 spiro atoms. The minimum atomic E-state index is -2.01. The molecule has 0 saturated heterocycles. The average molecular weight is 580 g/mol. The molecule has 2 nitrogen and oxygen atoms in total. The molecule has 20 heavy (non-hydrogen) atoms. The van der Waals surface area contributed by atoms with Crippen molar-refractivity contribution >= 4 is 70.9 Å². The number of hydrogen-bond donors (Lipinski definition) is 1. The van der Waals surface area contributed by atoms with E-state index in [9.17, 15) is 0 Å². The van der Waals surface area contributed by atoms with Gasteiger partial charge in [-0.15, -0.1) is 17.0 Å². The molecule has 1 radical (unpaired) electrons. The van der Waals surface area contributed by atoms with Crippen molar-refractivity contribution in [3.05, 3.63) is 29.8 Å². The zero-order valence-corrected chi connectivity index (χ0v) is 19.8. The molecule has 1 rings (SSSR count). The molecule has 0 bridgehead atoms. The molecule has 0 fully saturated rings. The van der Waals surface area contributed by atoms with Crippen molar-refractivity contribution in [1.29, 1.82) is 0 Å². The van der Waals surface area contributed by atoms with Gasteiger partial charge in [0.25, 0.3) is 0 Å². The van der Waals surface area contributed by atoms with Gasteiger partial charge in [0.15, 0.2) is 0 Å². The summed E-state index contributed by atoms with van der Waals surface area (Å²) in [6, 6.07) is 8.68. The summed E-state index contributed by atoms with van der Waals surface area (Å²) in [6.45, 7) is 6.54. The summed E-state index contributed by atoms with van der Waals surface area (Å²) in [5.41, 5.74) is 7.73. The van der Waals surface area contributed by atoms with E-state index in [1.807, 2.05) is 8.93 Å². The molecule has 0 amide bonds. The second kappa shape index (κ2) is 12.0. The van der Waals surface area contributed by atoms with Crippen LogP contribution in [0.25, 0.3) is 0 Å². The first-order chi connectivity index (χ1) is 9.13. The first-order valence-corrected chi connectivity index (χ1v) is 14.8. The Morgan fingerprint density at radius 3 is 2.50 bits per heavy atom. The van der Waals surface area contributed by atoms with E-state index in [1.165, 1.54) is 20.0 Å². The Hall–Kier alpha value is 1.50. The molecule has 2 N–H and O–H groups in total. The van der Waals surface area contributed by atoms with Crippen LogP contribution in [0.2, 0.25) is 4.44 Å². The van der Waals surface area contributed by atoms with Crippen LogP contribution in [0.1, 0.15) is 45.2 Å². The van der Waals surface area contributed by atoms with E-state index in [0.29, 0.717) is 5.44 Å². The summed E-state index contributed by atoms with van der Waals surface area (Å²) in [7, 11) is 1.81. The van der Waals surface area contributed by atoms with Gasteiger partial charge in [0.2, 0.25) is 0 Å². The van der Waals surface area contributed by atoms with Crippen molar-refractivity contribution in [1.82, 2.24) is 0 Å². The second-order valence-corrected chi connectivity index (χ2v) is 13.5. The van der Waals surface area contributed by atoms with Crippen LogP contribution in [0, 0.1) is 0 Å². The van der Waals surface area contributed by atoms with Crippen LogP contribution in [0.3, 0.4) is 0 Å². The topological polar surface area (TPSA) is 35.2 Å². The molecule has 0 aliphatic carbocycles. The summed E-state index contributed by atoms with van der Waals surface area (Å²) in [4.78, 5) is 0. The Morgan fingerprint density at radius 1 is 1.35 bits per heavy atom. The van der Waals surface area contributed by atoms with Gasteiger partial charge in [0.1, 0.15) is 0 Å². The molecule has 1 aromatic carbocycles. The SMILES string of the molecule is Br.CCCC([O][Sn]([CH2]C)[c]1ccccc1C(C)N)SI. The van der Waals surface area contributed by atoms with Crippen molar-refractivity contribution in [3.8, 4) is 0 Å². The Labute approximate surface area is 157 Å². The third kappa shape index (κ3) is 6.73. The van der Waals surface area contributed by atoms with Crippen LogP contribution in [0.5, 0.6) is 0 Å². The van der Waals surface area contributed by atoms with Gasteiger partial charge in [-0.3, -0.25) is 0 Å². The maximum atomic E-state index is 6.46. The van der Waals surface area contributed by atoms with Crippen LogP contribution < -0.4 is 9.31 Å². The third-order valence-corrected chi connectivity index (χ3v) is 12.2. The first kappa shape index (κ1) is 21.5. The quantitative estimate of drug-likeness (QED) is 0.275. The van der Waals surface area contributed by atoms with E-state index >= 15 is 0 Å². The number of halogens is 2. The first-order valence-electron chi connectivity index (χ1n) is 6.78. The fourth-order valence-corrected chi connectivity index (χ4v) is 12.1. The van der Waals surface area contributed by atoms with Gasteiger partial charge in [0, 0.05) is 0 Å². The molecule has 0 aliphatic rings. The van der Waals surface area contributed by atoms with Crippen molar-refractivity contribution in [2.45, 2.75) is 49.5 Å². The fourth-order valence-electron chi connectivity index (χ4n) is 2.00. The van der Waals surface area contributed by atoms with Crippen molar-refractivity contribution in [3.63, 3.8) is 0 Å². The number of rotatable bonds is 8. The molecule has 6 heteroatoms. The van der Waals surface area contributed by atoms with Crippen LogP contribution in [-0.2, 0) is 3.07 Å². The number of nitrogens with two attached hydrogens (primary N) is 1. The predicted octanol–water partition coefficient (Wildman–Crippen LogP) is 4.73. The molecule has 0 saturated carbocycles. The molecular weight excluding hydrogens is 556 g/mol.